The lowest BCUT2D eigenvalue weighted by atomic mass is 10.1. The van der Waals surface area contributed by atoms with E-state index in [0.717, 1.165) is 11.3 Å². The van der Waals surface area contributed by atoms with E-state index in [-0.39, 0.29) is 11.9 Å². The van der Waals surface area contributed by atoms with Crippen molar-refractivity contribution in [3.8, 4) is 0 Å². The van der Waals surface area contributed by atoms with Crippen molar-refractivity contribution in [2.75, 3.05) is 0 Å². The zero-order valence-electron chi connectivity index (χ0n) is 10.4. The van der Waals surface area contributed by atoms with Crippen LogP contribution in [0.2, 0.25) is 0 Å². The Morgan fingerprint density at radius 2 is 1.94 bits per heavy atom. The van der Waals surface area contributed by atoms with Gasteiger partial charge in [-0.15, -0.1) is 0 Å². The smallest absolute Gasteiger partial charge is 0.126 e. The third-order valence-electron chi connectivity index (χ3n) is 2.84. The Morgan fingerprint density at radius 3 is 2.67 bits per heavy atom. The molecular weight excluding hydrogens is 227 g/mol. The van der Waals surface area contributed by atoms with Gasteiger partial charge in [0.05, 0.1) is 5.69 Å². The number of hydrogen-bond donors (Lipinski definition) is 1. The first-order chi connectivity index (χ1) is 8.75. The Kier molecular flexibility index (Phi) is 4.42. The van der Waals surface area contributed by atoms with Gasteiger partial charge in [0.2, 0.25) is 0 Å². The van der Waals surface area contributed by atoms with Crippen LogP contribution in [-0.2, 0) is 13.0 Å². The summed E-state index contributed by atoms with van der Waals surface area (Å²) in [5.41, 5.74) is 1.75. The number of halogens is 1. The lowest BCUT2D eigenvalue weighted by Gasteiger charge is -2.14. The lowest BCUT2D eigenvalue weighted by Crippen LogP contribution is -2.28. The first kappa shape index (κ1) is 12.7. The molecule has 1 aromatic heterocycles. The first-order valence-corrected chi connectivity index (χ1v) is 6.12. The Balaban J connectivity index is 1.86. The van der Waals surface area contributed by atoms with Crippen molar-refractivity contribution in [1.29, 1.82) is 0 Å². The largest absolute Gasteiger partial charge is 0.308 e. The highest BCUT2D eigenvalue weighted by Crippen LogP contribution is 2.09. The number of pyridine rings is 1. The summed E-state index contributed by atoms with van der Waals surface area (Å²) >= 11 is 0. The van der Waals surface area contributed by atoms with E-state index < -0.39 is 0 Å². The molecule has 2 aromatic rings. The topological polar surface area (TPSA) is 24.9 Å². The van der Waals surface area contributed by atoms with Crippen LogP contribution in [0, 0.1) is 5.82 Å². The molecule has 2 rings (SSSR count). The third kappa shape index (κ3) is 3.64. The van der Waals surface area contributed by atoms with Crippen molar-refractivity contribution in [2.45, 2.75) is 25.9 Å². The molecule has 1 N–H and O–H groups in total. The molecule has 1 unspecified atom stereocenters. The van der Waals surface area contributed by atoms with E-state index in [1.165, 1.54) is 6.07 Å². The quantitative estimate of drug-likeness (QED) is 0.874. The zero-order chi connectivity index (χ0) is 12.8. The monoisotopic (exact) mass is 244 g/mol. The number of nitrogens with one attached hydrogen (secondary N) is 1. The molecule has 1 aromatic carbocycles. The molecule has 0 amide bonds. The molecule has 0 fully saturated rings. The Labute approximate surface area is 107 Å². The molecule has 0 saturated heterocycles. The minimum absolute atomic E-state index is 0.135. The fourth-order valence-corrected chi connectivity index (χ4v) is 1.85. The highest BCUT2D eigenvalue weighted by Gasteiger charge is 2.07. The Morgan fingerprint density at radius 1 is 1.17 bits per heavy atom. The van der Waals surface area contributed by atoms with Gasteiger partial charge in [-0.25, -0.2) is 4.39 Å². The number of benzene rings is 1. The van der Waals surface area contributed by atoms with Crippen LogP contribution in [0.4, 0.5) is 4.39 Å². The number of nitrogens with zero attached hydrogens (tertiary/aromatic N) is 1. The molecule has 94 valence electrons. The Bertz CT molecular complexity index is 485. The summed E-state index contributed by atoms with van der Waals surface area (Å²) in [4.78, 5) is 4.24. The van der Waals surface area contributed by atoms with Crippen LogP contribution in [0.5, 0.6) is 0 Å². The fourth-order valence-electron chi connectivity index (χ4n) is 1.85. The van der Waals surface area contributed by atoms with Gasteiger partial charge in [0.15, 0.2) is 0 Å². The third-order valence-corrected chi connectivity index (χ3v) is 2.84. The maximum atomic E-state index is 13.5. The second kappa shape index (κ2) is 6.26. The summed E-state index contributed by atoms with van der Waals surface area (Å²) in [5, 5.41) is 3.35. The molecule has 0 saturated carbocycles. The summed E-state index contributed by atoms with van der Waals surface area (Å²) in [6.07, 6.45) is 2.46. The molecule has 1 atom stereocenters. The molecular formula is C15H17FN2. The second-order valence-electron chi connectivity index (χ2n) is 4.40. The molecule has 18 heavy (non-hydrogen) atoms. The van der Waals surface area contributed by atoms with E-state index in [4.69, 9.17) is 0 Å². The normalized spacial score (nSPS) is 12.3. The molecule has 0 aliphatic heterocycles. The summed E-state index contributed by atoms with van der Waals surface area (Å²) in [5.74, 6) is -0.135. The summed E-state index contributed by atoms with van der Waals surface area (Å²) < 4.78 is 13.5. The fraction of sp³-hybridized carbons (Fsp3) is 0.267. The lowest BCUT2D eigenvalue weighted by molar-refractivity contribution is 0.522. The van der Waals surface area contributed by atoms with E-state index in [2.05, 4.69) is 17.2 Å². The SMILES string of the molecule is CC(Cc1ccccc1F)NCc1ccccn1. The number of rotatable bonds is 5. The average Bonchev–Trinajstić information content (AvgIpc) is 2.40. The van der Waals surface area contributed by atoms with E-state index >= 15 is 0 Å². The van der Waals surface area contributed by atoms with Crippen LogP contribution in [-0.4, -0.2) is 11.0 Å². The van der Waals surface area contributed by atoms with E-state index in [9.17, 15) is 4.39 Å². The van der Waals surface area contributed by atoms with Crippen molar-refractivity contribution in [3.05, 3.63) is 65.7 Å². The van der Waals surface area contributed by atoms with Crippen molar-refractivity contribution >= 4 is 0 Å². The average molecular weight is 244 g/mol. The molecule has 1 heterocycles. The highest BCUT2D eigenvalue weighted by atomic mass is 19.1. The van der Waals surface area contributed by atoms with Crippen LogP contribution in [0.25, 0.3) is 0 Å². The van der Waals surface area contributed by atoms with Gasteiger partial charge in [0, 0.05) is 18.8 Å². The Hall–Kier alpha value is -1.74. The number of hydrogen-bond acceptors (Lipinski definition) is 2. The number of aromatic nitrogens is 1. The van der Waals surface area contributed by atoms with Crippen LogP contribution in [0.1, 0.15) is 18.2 Å². The van der Waals surface area contributed by atoms with Gasteiger partial charge >= 0.3 is 0 Å². The van der Waals surface area contributed by atoms with Crippen LogP contribution >= 0.6 is 0 Å². The predicted molar refractivity (Wildman–Crippen MR) is 70.6 cm³/mol. The minimum Gasteiger partial charge on any atom is -0.308 e. The molecule has 0 aliphatic carbocycles. The van der Waals surface area contributed by atoms with Gasteiger partial charge in [-0.3, -0.25) is 4.98 Å². The second-order valence-corrected chi connectivity index (χ2v) is 4.40. The van der Waals surface area contributed by atoms with Crippen molar-refractivity contribution < 1.29 is 4.39 Å². The van der Waals surface area contributed by atoms with Gasteiger partial charge in [-0.05, 0) is 37.1 Å². The molecule has 3 heteroatoms. The van der Waals surface area contributed by atoms with Gasteiger partial charge in [-0.2, -0.15) is 0 Å². The highest BCUT2D eigenvalue weighted by molar-refractivity contribution is 5.18. The molecule has 2 nitrogen and oxygen atoms in total. The molecule has 0 radical (unpaired) electrons. The maximum absolute atomic E-state index is 13.5. The van der Waals surface area contributed by atoms with Gasteiger partial charge in [-0.1, -0.05) is 24.3 Å². The van der Waals surface area contributed by atoms with Crippen molar-refractivity contribution in [3.63, 3.8) is 0 Å². The molecule has 0 bridgehead atoms. The van der Waals surface area contributed by atoms with E-state index in [1.807, 2.05) is 30.3 Å². The van der Waals surface area contributed by atoms with Crippen LogP contribution in [0.15, 0.2) is 48.7 Å². The zero-order valence-corrected chi connectivity index (χ0v) is 10.4. The summed E-state index contributed by atoms with van der Waals surface area (Å²) in [7, 11) is 0. The first-order valence-electron chi connectivity index (χ1n) is 6.12. The van der Waals surface area contributed by atoms with E-state index in [1.54, 1.807) is 12.3 Å². The maximum Gasteiger partial charge on any atom is 0.126 e. The molecule has 0 spiro atoms. The van der Waals surface area contributed by atoms with Crippen LogP contribution in [0.3, 0.4) is 0 Å². The van der Waals surface area contributed by atoms with Crippen LogP contribution < -0.4 is 5.32 Å². The summed E-state index contributed by atoms with van der Waals surface area (Å²) in [6, 6.07) is 13.0. The van der Waals surface area contributed by atoms with Crippen molar-refractivity contribution in [2.24, 2.45) is 0 Å². The standard InChI is InChI=1S/C15H17FN2/c1-12(10-13-6-2-3-8-15(13)16)18-11-14-7-4-5-9-17-14/h2-9,12,18H,10-11H2,1H3. The minimum atomic E-state index is -0.135. The van der Waals surface area contributed by atoms with Crippen molar-refractivity contribution in [1.82, 2.24) is 10.3 Å². The van der Waals surface area contributed by atoms with Gasteiger partial charge in [0.1, 0.15) is 5.82 Å². The van der Waals surface area contributed by atoms with E-state index in [0.29, 0.717) is 13.0 Å². The summed E-state index contributed by atoms with van der Waals surface area (Å²) in [6.45, 7) is 2.76. The molecule has 0 aliphatic rings. The van der Waals surface area contributed by atoms with Gasteiger partial charge < -0.3 is 5.32 Å². The predicted octanol–water partition coefficient (Wildman–Crippen LogP) is 2.94. The van der Waals surface area contributed by atoms with Gasteiger partial charge in [0.25, 0.3) is 0 Å².